The third kappa shape index (κ3) is 5.04. The fourth-order valence-electron chi connectivity index (χ4n) is 2.65. The number of carbonyl (C=O) groups excluding carboxylic acids is 1. The molecule has 3 rings (SSSR count). The van der Waals surface area contributed by atoms with Gasteiger partial charge in [0.05, 0.1) is 4.92 Å². The summed E-state index contributed by atoms with van der Waals surface area (Å²) in [6.45, 7) is 0. The Hall–Kier alpha value is -3.42. The highest BCUT2D eigenvalue weighted by molar-refractivity contribution is 6.05. The first kappa shape index (κ1) is 18.4. The predicted molar refractivity (Wildman–Crippen MR) is 100 cm³/mol. The third-order valence-electron chi connectivity index (χ3n) is 4.21. The van der Waals surface area contributed by atoms with E-state index in [2.05, 4.69) is 10.6 Å². The molecule has 0 atom stereocenters. The van der Waals surface area contributed by atoms with E-state index in [-0.39, 0.29) is 23.7 Å². The van der Waals surface area contributed by atoms with E-state index in [9.17, 15) is 19.7 Å². The van der Waals surface area contributed by atoms with Gasteiger partial charge in [-0.3, -0.25) is 19.7 Å². The van der Waals surface area contributed by atoms with Crippen LogP contribution in [0.15, 0.2) is 42.5 Å². The van der Waals surface area contributed by atoms with Gasteiger partial charge in [0.15, 0.2) is 0 Å². The van der Waals surface area contributed by atoms with Gasteiger partial charge in [0, 0.05) is 29.8 Å². The standard InChI is InChI=1S/C19H19N3O5/c23-18(24)9-4-12-2-1-3-15(10-12)21-19(25)13-5-8-16(20-14-6-7-14)17(11-13)22(26)27/h1-3,5,8,10-11,14,20H,4,6-7,9H2,(H,21,25)(H,23,24). The van der Waals surface area contributed by atoms with Crippen molar-refractivity contribution in [2.24, 2.45) is 0 Å². The Labute approximate surface area is 155 Å². The number of nitrogens with one attached hydrogen (secondary N) is 2. The molecule has 0 heterocycles. The monoisotopic (exact) mass is 369 g/mol. The Balaban J connectivity index is 1.73. The van der Waals surface area contributed by atoms with E-state index in [1.165, 1.54) is 6.07 Å². The molecule has 1 saturated carbocycles. The van der Waals surface area contributed by atoms with Crippen molar-refractivity contribution >= 4 is 28.9 Å². The average molecular weight is 369 g/mol. The summed E-state index contributed by atoms with van der Waals surface area (Å²) in [6, 6.07) is 11.5. The van der Waals surface area contributed by atoms with Crippen LogP contribution in [0.1, 0.15) is 35.2 Å². The molecule has 8 nitrogen and oxygen atoms in total. The highest BCUT2D eigenvalue weighted by Gasteiger charge is 2.25. The van der Waals surface area contributed by atoms with Gasteiger partial charge in [-0.25, -0.2) is 0 Å². The molecule has 0 bridgehead atoms. The maximum Gasteiger partial charge on any atom is 0.303 e. The van der Waals surface area contributed by atoms with Crippen LogP contribution >= 0.6 is 0 Å². The molecule has 8 heteroatoms. The van der Waals surface area contributed by atoms with Crippen molar-refractivity contribution in [2.75, 3.05) is 10.6 Å². The Bertz CT molecular complexity index is 893. The summed E-state index contributed by atoms with van der Waals surface area (Å²) in [6.07, 6.45) is 2.32. The molecule has 1 amide bonds. The molecular formula is C19H19N3O5. The van der Waals surface area contributed by atoms with E-state index >= 15 is 0 Å². The van der Waals surface area contributed by atoms with Crippen LogP contribution in [0, 0.1) is 10.1 Å². The molecule has 0 aliphatic heterocycles. The van der Waals surface area contributed by atoms with Gasteiger partial charge in [-0.05, 0) is 49.1 Å². The fourth-order valence-corrected chi connectivity index (χ4v) is 2.65. The second-order valence-electron chi connectivity index (χ2n) is 6.46. The number of amides is 1. The first-order valence-corrected chi connectivity index (χ1v) is 8.59. The van der Waals surface area contributed by atoms with Crippen molar-refractivity contribution in [3.63, 3.8) is 0 Å². The summed E-state index contributed by atoms with van der Waals surface area (Å²) in [5.41, 5.74) is 1.74. The SMILES string of the molecule is O=C(O)CCc1cccc(NC(=O)c2ccc(NC3CC3)c([N+](=O)[O-])c2)c1. The number of hydrogen-bond donors (Lipinski definition) is 3. The number of carboxylic acids is 1. The van der Waals surface area contributed by atoms with E-state index in [4.69, 9.17) is 5.11 Å². The summed E-state index contributed by atoms with van der Waals surface area (Å²) in [5, 5.41) is 25.9. The Morgan fingerprint density at radius 1 is 1.19 bits per heavy atom. The van der Waals surface area contributed by atoms with Crippen molar-refractivity contribution in [3.8, 4) is 0 Å². The van der Waals surface area contributed by atoms with Gasteiger partial charge in [-0.2, -0.15) is 0 Å². The van der Waals surface area contributed by atoms with E-state index in [0.29, 0.717) is 17.8 Å². The number of rotatable bonds is 8. The molecule has 3 N–H and O–H groups in total. The van der Waals surface area contributed by atoms with Crippen molar-refractivity contribution < 1.29 is 19.6 Å². The quantitative estimate of drug-likeness (QED) is 0.484. The number of aryl methyl sites for hydroxylation is 1. The van der Waals surface area contributed by atoms with E-state index in [0.717, 1.165) is 18.4 Å². The summed E-state index contributed by atoms with van der Waals surface area (Å²) in [4.78, 5) is 33.9. The first-order chi connectivity index (χ1) is 12.9. The predicted octanol–water partition coefficient (Wildman–Crippen LogP) is 3.44. The maximum atomic E-state index is 12.5. The summed E-state index contributed by atoms with van der Waals surface area (Å²) < 4.78 is 0. The van der Waals surface area contributed by atoms with Crippen LogP contribution < -0.4 is 10.6 Å². The minimum absolute atomic E-state index is 0.000942. The lowest BCUT2D eigenvalue weighted by Crippen LogP contribution is -2.13. The van der Waals surface area contributed by atoms with E-state index < -0.39 is 16.8 Å². The number of nitro benzene ring substituents is 1. The molecule has 2 aromatic rings. The molecule has 0 radical (unpaired) electrons. The molecule has 0 aromatic heterocycles. The number of carboxylic acid groups (broad SMARTS) is 1. The topological polar surface area (TPSA) is 122 Å². The van der Waals surface area contributed by atoms with Crippen LogP contribution in [0.25, 0.3) is 0 Å². The fraction of sp³-hybridized carbons (Fsp3) is 0.263. The largest absolute Gasteiger partial charge is 0.481 e. The number of carbonyl (C=O) groups is 2. The van der Waals surface area contributed by atoms with Gasteiger partial charge in [0.2, 0.25) is 0 Å². The zero-order chi connectivity index (χ0) is 19.4. The van der Waals surface area contributed by atoms with E-state index in [1.54, 1.807) is 36.4 Å². The van der Waals surface area contributed by atoms with Gasteiger partial charge in [-0.15, -0.1) is 0 Å². The van der Waals surface area contributed by atoms with Crippen LogP contribution in [0.2, 0.25) is 0 Å². The van der Waals surface area contributed by atoms with Gasteiger partial charge in [0.25, 0.3) is 11.6 Å². The molecule has 1 fully saturated rings. The maximum absolute atomic E-state index is 12.5. The number of aliphatic carboxylic acids is 1. The molecule has 140 valence electrons. The average Bonchev–Trinajstić information content (AvgIpc) is 3.44. The number of benzene rings is 2. The lowest BCUT2D eigenvalue weighted by Gasteiger charge is -2.09. The Morgan fingerprint density at radius 2 is 1.96 bits per heavy atom. The van der Waals surface area contributed by atoms with Crippen molar-refractivity contribution in [2.45, 2.75) is 31.7 Å². The Kier molecular flexibility index (Phi) is 5.35. The highest BCUT2D eigenvalue weighted by atomic mass is 16.6. The molecule has 1 aliphatic carbocycles. The minimum Gasteiger partial charge on any atom is -0.481 e. The number of nitrogens with zero attached hydrogens (tertiary/aromatic N) is 1. The highest BCUT2D eigenvalue weighted by Crippen LogP contribution is 2.31. The third-order valence-corrected chi connectivity index (χ3v) is 4.21. The molecule has 27 heavy (non-hydrogen) atoms. The van der Waals surface area contributed by atoms with Gasteiger partial charge >= 0.3 is 5.97 Å². The summed E-state index contributed by atoms with van der Waals surface area (Å²) in [5.74, 6) is -1.36. The molecule has 0 unspecified atom stereocenters. The molecule has 0 saturated heterocycles. The van der Waals surface area contributed by atoms with Gasteiger partial charge in [0.1, 0.15) is 5.69 Å². The smallest absolute Gasteiger partial charge is 0.303 e. The molecule has 1 aliphatic rings. The zero-order valence-electron chi connectivity index (χ0n) is 14.5. The Morgan fingerprint density at radius 3 is 2.63 bits per heavy atom. The summed E-state index contributed by atoms with van der Waals surface area (Å²) >= 11 is 0. The van der Waals surface area contributed by atoms with Crippen LogP contribution in [0.4, 0.5) is 17.1 Å². The van der Waals surface area contributed by atoms with Crippen LogP contribution in [-0.2, 0) is 11.2 Å². The van der Waals surface area contributed by atoms with Crippen LogP contribution in [0.3, 0.4) is 0 Å². The first-order valence-electron chi connectivity index (χ1n) is 8.59. The lowest BCUT2D eigenvalue weighted by molar-refractivity contribution is -0.384. The van der Waals surface area contributed by atoms with Crippen molar-refractivity contribution in [3.05, 3.63) is 63.7 Å². The van der Waals surface area contributed by atoms with Crippen molar-refractivity contribution in [1.82, 2.24) is 0 Å². The van der Waals surface area contributed by atoms with Gasteiger partial charge in [-0.1, -0.05) is 12.1 Å². The minimum atomic E-state index is -0.892. The van der Waals surface area contributed by atoms with Gasteiger partial charge < -0.3 is 15.7 Å². The summed E-state index contributed by atoms with van der Waals surface area (Å²) in [7, 11) is 0. The zero-order valence-corrected chi connectivity index (χ0v) is 14.5. The molecule has 0 spiro atoms. The van der Waals surface area contributed by atoms with Crippen LogP contribution in [0.5, 0.6) is 0 Å². The number of hydrogen-bond acceptors (Lipinski definition) is 5. The number of anilines is 2. The number of nitro groups is 1. The second-order valence-corrected chi connectivity index (χ2v) is 6.46. The molecule has 2 aromatic carbocycles. The van der Waals surface area contributed by atoms with E-state index in [1.807, 2.05) is 0 Å². The van der Waals surface area contributed by atoms with Crippen molar-refractivity contribution in [1.29, 1.82) is 0 Å². The lowest BCUT2D eigenvalue weighted by atomic mass is 10.1. The molecular weight excluding hydrogens is 350 g/mol. The van der Waals surface area contributed by atoms with Crippen LogP contribution in [-0.4, -0.2) is 27.9 Å². The normalized spacial score (nSPS) is 13.0. The second kappa shape index (κ2) is 7.86.